The molecule has 1 aromatic heterocycles. The van der Waals surface area contributed by atoms with Gasteiger partial charge in [0.05, 0.1) is 29.2 Å². The normalized spacial score (nSPS) is 11.6. The molecule has 4 heteroatoms. The maximum Gasteiger partial charge on any atom is 0.141 e. The lowest BCUT2D eigenvalue weighted by Crippen LogP contribution is -2.12. The van der Waals surface area contributed by atoms with Gasteiger partial charge in [-0.3, -0.25) is 4.98 Å². The lowest BCUT2D eigenvalue weighted by atomic mass is 10.1. The molecular formula is C15H14FN3. The molecule has 0 saturated carbocycles. The van der Waals surface area contributed by atoms with Gasteiger partial charge in [0.25, 0.3) is 0 Å². The minimum absolute atomic E-state index is 0.0462. The number of para-hydroxylation sites is 1. The summed E-state index contributed by atoms with van der Waals surface area (Å²) in [5.41, 5.74) is 2.11. The van der Waals surface area contributed by atoms with Crippen LogP contribution in [-0.2, 0) is 0 Å². The summed E-state index contributed by atoms with van der Waals surface area (Å²) in [6.07, 6.45) is 1.99. The molecule has 0 aliphatic carbocycles. The van der Waals surface area contributed by atoms with Gasteiger partial charge >= 0.3 is 0 Å². The average Bonchev–Trinajstić information content (AvgIpc) is 2.46. The lowest BCUT2D eigenvalue weighted by Gasteiger charge is -2.18. The molecule has 96 valence electrons. The fourth-order valence-corrected chi connectivity index (χ4v) is 1.87. The van der Waals surface area contributed by atoms with Crippen LogP contribution in [0.2, 0.25) is 0 Å². The number of rotatable bonds is 4. The molecule has 0 saturated heterocycles. The standard InChI is InChI=1S/C15H14FN3/c1-2-13(15-8-7-12(16)10-18-15)19-14-6-4-3-5-11(14)9-17/h3-8,10,13,19H,2H2,1H3. The van der Waals surface area contributed by atoms with Gasteiger partial charge in [0.1, 0.15) is 11.9 Å². The number of nitrogens with one attached hydrogen (secondary N) is 1. The number of aromatic nitrogens is 1. The summed E-state index contributed by atoms with van der Waals surface area (Å²) >= 11 is 0. The molecule has 3 nitrogen and oxygen atoms in total. The van der Waals surface area contributed by atoms with Crippen molar-refractivity contribution in [2.75, 3.05) is 5.32 Å². The van der Waals surface area contributed by atoms with Crippen molar-refractivity contribution in [2.24, 2.45) is 0 Å². The molecule has 2 rings (SSSR count). The zero-order chi connectivity index (χ0) is 13.7. The van der Waals surface area contributed by atoms with Crippen molar-refractivity contribution < 1.29 is 4.39 Å². The van der Waals surface area contributed by atoms with Crippen LogP contribution in [0.4, 0.5) is 10.1 Å². The molecule has 1 N–H and O–H groups in total. The van der Waals surface area contributed by atoms with E-state index in [1.54, 1.807) is 12.1 Å². The predicted octanol–water partition coefficient (Wildman–Crippen LogP) is 3.66. The highest BCUT2D eigenvalue weighted by atomic mass is 19.1. The van der Waals surface area contributed by atoms with E-state index in [1.807, 2.05) is 25.1 Å². The Balaban J connectivity index is 2.24. The number of hydrogen-bond acceptors (Lipinski definition) is 3. The Morgan fingerprint density at radius 1 is 1.32 bits per heavy atom. The van der Waals surface area contributed by atoms with Gasteiger partial charge < -0.3 is 5.32 Å². The van der Waals surface area contributed by atoms with Crippen molar-refractivity contribution in [1.29, 1.82) is 5.26 Å². The van der Waals surface area contributed by atoms with Crippen LogP contribution in [0.1, 0.15) is 30.6 Å². The van der Waals surface area contributed by atoms with Crippen LogP contribution in [0.25, 0.3) is 0 Å². The van der Waals surface area contributed by atoms with Crippen molar-refractivity contribution in [3.8, 4) is 6.07 Å². The van der Waals surface area contributed by atoms with E-state index >= 15 is 0 Å². The minimum Gasteiger partial charge on any atom is -0.376 e. The quantitative estimate of drug-likeness (QED) is 0.907. The monoisotopic (exact) mass is 255 g/mol. The summed E-state index contributed by atoms with van der Waals surface area (Å²) in [6, 6.07) is 12.4. The second-order valence-corrected chi connectivity index (χ2v) is 4.16. The van der Waals surface area contributed by atoms with E-state index in [-0.39, 0.29) is 11.9 Å². The van der Waals surface area contributed by atoms with Crippen LogP contribution in [0.3, 0.4) is 0 Å². The molecule has 0 amide bonds. The fourth-order valence-electron chi connectivity index (χ4n) is 1.87. The molecule has 1 heterocycles. The molecule has 0 radical (unpaired) electrons. The number of benzene rings is 1. The molecule has 2 aromatic rings. The lowest BCUT2D eigenvalue weighted by molar-refractivity contribution is 0.614. The van der Waals surface area contributed by atoms with Crippen molar-refractivity contribution in [3.63, 3.8) is 0 Å². The Morgan fingerprint density at radius 3 is 2.74 bits per heavy atom. The average molecular weight is 255 g/mol. The summed E-state index contributed by atoms with van der Waals surface area (Å²) in [7, 11) is 0. The van der Waals surface area contributed by atoms with E-state index in [2.05, 4.69) is 16.4 Å². The first-order valence-electron chi connectivity index (χ1n) is 6.11. The van der Waals surface area contributed by atoms with Gasteiger partial charge in [0.2, 0.25) is 0 Å². The Hall–Kier alpha value is -2.41. The summed E-state index contributed by atoms with van der Waals surface area (Å²) in [5.74, 6) is -0.351. The smallest absolute Gasteiger partial charge is 0.141 e. The van der Waals surface area contributed by atoms with E-state index in [0.29, 0.717) is 5.56 Å². The third-order valence-electron chi connectivity index (χ3n) is 2.89. The maximum absolute atomic E-state index is 12.9. The van der Waals surface area contributed by atoms with Crippen molar-refractivity contribution >= 4 is 5.69 Å². The van der Waals surface area contributed by atoms with Gasteiger partial charge in [0, 0.05) is 0 Å². The van der Waals surface area contributed by atoms with Crippen LogP contribution < -0.4 is 5.32 Å². The summed E-state index contributed by atoms with van der Waals surface area (Å²) in [6.45, 7) is 2.01. The van der Waals surface area contributed by atoms with Gasteiger partial charge in [-0.05, 0) is 30.7 Å². The first-order valence-corrected chi connectivity index (χ1v) is 6.11. The molecule has 0 spiro atoms. The SMILES string of the molecule is CCC(Nc1ccccc1C#N)c1ccc(F)cn1. The van der Waals surface area contributed by atoms with Crippen molar-refractivity contribution in [1.82, 2.24) is 4.98 Å². The first kappa shape index (κ1) is 13.0. The molecule has 19 heavy (non-hydrogen) atoms. The molecule has 0 fully saturated rings. The van der Waals surface area contributed by atoms with E-state index < -0.39 is 0 Å². The van der Waals surface area contributed by atoms with Gasteiger partial charge in [-0.2, -0.15) is 5.26 Å². The number of anilines is 1. The van der Waals surface area contributed by atoms with E-state index in [1.165, 1.54) is 12.3 Å². The second-order valence-electron chi connectivity index (χ2n) is 4.16. The van der Waals surface area contributed by atoms with Gasteiger partial charge in [0.15, 0.2) is 0 Å². The molecule has 1 unspecified atom stereocenters. The highest BCUT2D eigenvalue weighted by Gasteiger charge is 2.12. The highest BCUT2D eigenvalue weighted by Crippen LogP contribution is 2.23. The fraction of sp³-hybridized carbons (Fsp3) is 0.200. The third-order valence-corrected chi connectivity index (χ3v) is 2.89. The van der Waals surface area contributed by atoms with Crippen LogP contribution in [-0.4, -0.2) is 4.98 Å². The molecule has 0 aliphatic heterocycles. The topological polar surface area (TPSA) is 48.7 Å². The highest BCUT2D eigenvalue weighted by molar-refractivity contribution is 5.58. The van der Waals surface area contributed by atoms with Crippen LogP contribution in [0, 0.1) is 17.1 Å². The summed E-state index contributed by atoms with van der Waals surface area (Å²) in [4.78, 5) is 4.08. The largest absolute Gasteiger partial charge is 0.376 e. The molecule has 0 bridgehead atoms. The second kappa shape index (κ2) is 5.96. The van der Waals surface area contributed by atoms with Gasteiger partial charge in [-0.15, -0.1) is 0 Å². The van der Waals surface area contributed by atoms with Crippen molar-refractivity contribution in [3.05, 3.63) is 59.7 Å². The third kappa shape index (κ3) is 3.08. The van der Waals surface area contributed by atoms with Crippen LogP contribution in [0.15, 0.2) is 42.6 Å². The number of nitrogens with zero attached hydrogens (tertiary/aromatic N) is 2. The maximum atomic E-state index is 12.9. The van der Waals surface area contributed by atoms with E-state index in [9.17, 15) is 4.39 Å². The van der Waals surface area contributed by atoms with Crippen LogP contribution >= 0.6 is 0 Å². The Labute approximate surface area is 111 Å². The Bertz CT molecular complexity index is 587. The molecule has 1 aromatic carbocycles. The predicted molar refractivity (Wildman–Crippen MR) is 72.0 cm³/mol. The zero-order valence-electron chi connectivity index (χ0n) is 10.6. The summed E-state index contributed by atoms with van der Waals surface area (Å²) in [5, 5.41) is 12.3. The number of hydrogen-bond donors (Lipinski definition) is 1. The van der Waals surface area contributed by atoms with Crippen molar-refractivity contribution in [2.45, 2.75) is 19.4 Å². The van der Waals surface area contributed by atoms with E-state index in [0.717, 1.165) is 17.8 Å². The number of pyridine rings is 1. The zero-order valence-corrected chi connectivity index (χ0v) is 10.6. The minimum atomic E-state index is -0.351. The van der Waals surface area contributed by atoms with Crippen LogP contribution in [0.5, 0.6) is 0 Å². The van der Waals surface area contributed by atoms with E-state index in [4.69, 9.17) is 5.26 Å². The van der Waals surface area contributed by atoms with Gasteiger partial charge in [-0.25, -0.2) is 4.39 Å². The Kier molecular flexibility index (Phi) is 4.09. The molecule has 0 aliphatic rings. The first-order chi connectivity index (χ1) is 9.24. The number of nitriles is 1. The molecular weight excluding hydrogens is 241 g/mol. The molecule has 1 atom stereocenters. The summed E-state index contributed by atoms with van der Waals surface area (Å²) < 4.78 is 12.9. The number of halogens is 1. The van der Waals surface area contributed by atoms with Gasteiger partial charge in [-0.1, -0.05) is 19.1 Å². The Morgan fingerprint density at radius 2 is 2.11 bits per heavy atom.